The minimum atomic E-state index is -0.267. The summed E-state index contributed by atoms with van der Waals surface area (Å²) in [4.78, 5) is 4.47. The molecule has 0 amide bonds. The van der Waals surface area contributed by atoms with Crippen molar-refractivity contribution in [1.82, 2.24) is 9.80 Å². The SMILES string of the molecule is [O-]CCN1CCN(C(c2ccc(F)cc2)c2ccc(F)cc2)CC1. The Morgan fingerprint density at radius 3 is 1.67 bits per heavy atom. The molecule has 0 atom stereocenters. The fourth-order valence-corrected chi connectivity index (χ4v) is 3.28. The van der Waals surface area contributed by atoms with Gasteiger partial charge in [0.2, 0.25) is 0 Å². The van der Waals surface area contributed by atoms with Crippen molar-refractivity contribution in [2.45, 2.75) is 6.04 Å². The van der Waals surface area contributed by atoms with Gasteiger partial charge in [-0.1, -0.05) is 24.3 Å². The molecule has 0 bridgehead atoms. The number of halogens is 2. The van der Waals surface area contributed by atoms with Crippen LogP contribution in [0, 0.1) is 11.6 Å². The molecule has 0 N–H and O–H groups in total. The second kappa shape index (κ2) is 7.83. The number of benzene rings is 2. The maximum absolute atomic E-state index is 13.3. The van der Waals surface area contributed by atoms with Crippen LogP contribution in [0.15, 0.2) is 48.5 Å². The van der Waals surface area contributed by atoms with Crippen molar-refractivity contribution < 1.29 is 13.9 Å². The number of hydrogen-bond donors (Lipinski definition) is 0. The van der Waals surface area contributed by atoms with Crippen LogP contribution in [0.4, 0.5) is 8.78 Å². The highest BCUT2D eigenvalue weighted by Gasteiger charge is 2.26. The molecule has 0 saturated carbocycles. The largest absolute Gasteiger partial charge is 0.854 e. The Balaban J connectivity index is 1.85. The van der Waals surface area contributed by atoms with Gasteiger partial charge < -0.3 is 10.0 Å². The van der Waals surface area contributed by atoms with Crippen LogP contribution in [0.5, 0.6) is 0 Å². The molecule has 3 nitrogen and oxygen atoms in total. The fraction of sp³-hybridized carbons (Fsp3) is 0.368. The van der Waals surface area contributed by atoms with Gasteiger partial charge in [-0.15, -0.1) is 6.61 Å². The van der Waals surface area contributed by atoms with Gasteiger partial charge in [-0.25, -0.2) is 8.78 Å². The molecule has 3 rings (SSSR count). The van der Waals surface area contributed by atoms with Crippen LogP contribution in [0.25, 0.3) is 0 Å². The zero-order valence-electron chi connectivity index (χ0n) is 13.5. The van der Waals surface area contributed by atoms with Crippen molar-refractivity contribution in [2.75, 3.05) is 39.3 Å². The molecular weight excluding hydrogens is 310 g/mol. The first-order valence-corrected chi connectivity index (χ1v) is 8.23. The quantitative estimate of drug-likeness (QED) is 0.840. The van der Waals surface area contributed by atoms with E-state index < -0.39 is 0 Å². The maximum Gasteiger partial charge on any atom is 0.123 e. The average Bonchev–Trinajstić information content (AvgIpc) is 2.60. The lowest BCUT2D eigenvalue weighted by molar-refractivity contribution is -0.369. The van der Waals surface area contributed by atoms with Gasteiger partial charge in [-0.05, 0) is 41.9 Å². The van der Waals surface area contributed by atoms with Crippen molar-refractivity contribution in [2.24, 2.45) is 0 Å². The van der Waals surface area contributed by atoms with Gasteiger partial charge in [0.1, 0.15) is 11.6 Å². The zero-order chi connectivity index (χ0) is 16.9. The number of nitrogens with zero attached hydrogens (tertiary/aromatic N) is 2. The third-order valence-corrected chi connectivity index (χ3v) is 4.55. The molecule has 1 heterocycles. The summed E-state index contributed by atoms with van der Waals surface area (Å²) >= 11 is 0. The summed E-state index contributed by atoms with van der Waals surface area (Å²) in [5.74, 6) is -0.534. The summed E-state index contributed by atoms with van der Waals surface area (Å²) in [5.41, 5.74) is 1.97. The minimum absolute atomic E-state index is 0.0411. The van der Waals surface area contributed by atoms with E-state index in [0.717, 1.165) is 37.3 Å². The minimum Gasteiger partial charge on any atom is -0.854 e. The summed E-state index contributed by atoms with van der Waals surface area (Å²) in [6.07, 6.45) is 0. The first-order chi connectivity index (χ1) is 11.7. The predicted octanol–water partition coefficient (Wildman–Crippen LogP) is 2.03. The maximum atomic E-state index is 13.3. The summed E-state index contributed by atoms with van der Waals surface area (Å²) in [7, 11) is 0. The number of hydrogen-bond acceptors (Lipinski definition) is 3. The predicted molar refractivity (Wildman–Crippen MR) is 87.5 cm³/mol. The van der Waals surface area contributed by atoms with Gasteiger partial charge in [0.15, 0.2) is 0 Å². The summed E-state index contributed by atoms with van der Waals surface area (Å²) in [5, 5.41) is 10.8. The summed E-state index contributed by atoms with van der Waals surface area (Å²) in [6.45, 7) is 3.80. The van der Waals surface area contributed by atoms with Gasteiger partial charge in [0, 0.05) is 26.2 Å². The van der Waals surface area contributed by atoms with E-state index in [1.54, 1.807) is 24.3 Å². The Hall–Kier alpha value is -1.82. The first-order valence-electron chi connectivity index (χ1n) is 8.23. The molecule has 0 unspecified atom stereocenters. The molecule has 24 heavy (non-hydrogen) atoms. The van der Waals surface area contributed by atoms with E-state index in [-0.39, 0.29) is 24.3 Å². The van der Waals surface area contributed by atoms with Crippen LogP contribution in [0.3, 0.4) is 0 Å². The molecule has 2 aromatic carbocycles. The van der Waals surface area contributed by atoms with E-state index in [1.807, 2.05) is 0 Å². The Labute approximate surface area is 141 Å². The Kier molecular flexibility index (Phi) is 5.56. The second-order valence-corrected chi connectivity index (χ2v) is 6.09. The van der Waals surface area contributed by atoms with Crippen LogP contribution >= 0.6 is 0 Å². The Bertz CT molecular complexity index is 592. The van der Waals surface area contributed by atoms with Gasteiger partial charge >= 0.3 is 0 Å². The van der Waals surface area contributed by atoms with Gasteiger partial charge in [-0.2, -0.15) is 0 Å². The molecule has 1 saturated heterocycles. The standard InChI is InChI=1S/C19H21F2N2O/c20-17-5-1-15(2-6-17)19(16-3-7-18(21)8-4-16)23-11-9-22(10-12-23)13-14-24/h1-8,19H,9-14H2/q-1. The van der Waals surface area contributed by atoms with Crippen molar-refractivity contribution in [3.05, 3.63) is 71.3 Å². The van der Waals surface area contributed by atoms with Crippen LogP contribution < -0.4 is 5.11 Å². The van der Waals surface area contributed by atoms with Gasteiger partial charge in [-0.3, -0.25) is 4.90 Å². The molecule has 0 aromatic heterocycles. The highest BCUT2D eigenvalue weighted by molar-refractivity contribution is 5.32. The van der Waals surface area contributed by atoms with E-state index in [1.165, 1.54) is 24.3 Å². The topological polar surface area (TPSA) is 29.5 Å². The third-order valence-electron chi connectivity index (χ3n) is 4.55. The molecule has 1 fully saturated rings. The lowest BCUT2D eigenvalue weighted by atomic mass is 9.96. The normalized spacial score (nSPS) is 16.7. The first kappa shape index (κ1) is 17.0. The molecule has 0 spiro atoms. The van der Waals surface area contributed by atoms with Crippen molar-refractivity contribution in [3.8, 4) is 0 Å². The van der Waals surface area contributed by atoms with Crippen LogP contribution in [-0.4, -0.2) is 49.1 Å². The molecule has 5 heteroatoms. The molecular formula is C19H21F2N2O-. The van der Waals surface area contributed by atoms with Gasteiger partial charge in [0.05, 0.1) is 6.04 Å². The van der Waals surface area contributed by atoms with Crippen LogP contribution in [0.1, 0.15) is 17.2 Å². The second-order valence-electron chi connectivity index (χ2n) is 6.09. The van der Waals surface area contributed by atoms with E-state index >= 15 is 0 Å². The van der Waals surface area contributed by atoms with E-state index in [4.69, 9.17) is 0 Å². The number of rotatable bonds is 5. The molecule has 1 aliphatic heterocycles. The van der Waals surface area contributed by atoms with E-state index in [2.05, 4.69) is 9.80 Å². The lowest BCUT2D eigenvalue weighted by Gasteiger charge is -2.40. The third kappa shape index (κ3) is 3.98. The smallest absolute Gasteiger partial charge is 0.123 e. The average molecular weight is 331 g/mol. The molecule has 128 valence electrons. The molecule has 0 radical (unpaired) electrons. The Morgan fingerprint density at radius 1 is 0.792 bits per heavy atom. The number of piperazine rings is 1. The van der Waals surface area contributed by atoms with Crippen LogP contribution in [0.2, 0.25) is 0 Å². The zero-order valence-corrected chi connectivity index (χ0v) is 13.5. The van der Waals surface area contributed by atoms with Crippen molar-refractivity contribution in [3.63, 3.8) is 0 Å². The fourth-order valence-electron chi connectivity index (χ4n) is 3.28. The monoisotopic (exact) mass is 331 g/mol. The Morgan fingerprint density at radius 2 is 1.25 bits per heavy atom. The summed E-state index contributed by atoms with van der Waals surface area (Å²) < 4.78 is 26.6. The van der Waals surface area contributed by atoms with Crippen molar-refractivity contribution >= 4 is 0 Å². The van der Waals surface area contributed by atoms with Crippen LogP contribution in [-0.2, 0) is 0 Å². The van der Waals surface area contributed by atoms with E-state index in [0.29, 0.717) is 6.54 Å². The van der Waals surface area contributed by atoms with Crippen molar-refractivity contribution in [1.29, 1.82) is 0 Å². The van der Waals surface area contributed by atoms with Gasteiger partial charge in [0.25, 0.3) is 0 Å². The molecule has 2 aromatic rings. The molecule has 1 aliphatic rings. The summed E-state index contributed by atoms with van der Waals surface area (Å²) in [6, 6.07) is 12.9. The lowest BCUT2D eigenvalue weighted by Crippen LogP contribution is -2.49. The molecule has 0 aliphatic carbocycles. The highest BCUT2D eigenvalue weighted by atomic mass is 19.1. The highest BCUT2D eigenvalue weighted by Crippen LogP contribution is 2.30. The van der Waals surface area contributed by atoms with E-state index in [9.17, 15) is 13.9 Å².